The minimum Gasteiger partial charge on any atom is -0.739 e. The smallest absolute Gasteiger partial charge is 0.739 e. The van der Waals surface area contributed by atoms with E-state index in [1.165, 1.54) is 6.42 Å². The molecule has 0 saturated carbocycles. The van der Waals surface area contributed by atoms with Crippen LogP contribution in [0.15, 0.2) is 0 Å². The van der Waals surface area contributed by atoms with E-state index < -0.39 is 9.15 Å². The molecule has 0 spiro atoms. The summed E-state index contributed by atoms with van der Waals surface area (Å²) in [5.41, 5.74) is 0. The minimum absolute atomic E-state index is 0. The Morgan fingerprint density at radius 3 is 2.21 bits per heavy atom. The van der Waals surface area contributed by atoms with Crippen molar-refractivity contribution in [2.75, 3.05) is 5.75 Å². The summed E-state index contributed by atoms with van der Waals surface area (Å²) in [6.45, 7) is 4.33. The van der Waals surface area contributed by atoms with Gasteiger partial charge in [-0.25, -0.2) is 8.42 Å². The molecule has 0 amide bonds. The zero-order valence-corrected chi connectivity index (χ0v) is 12.8. The Kier molecular flexibility index (Phi) is 12.0. The molecule has 3 nitrogen and oxygen atoms in total. The first-order chi connectivity index (χ1) is 5.92. The molecule has 0 aliphatic rings. The van der Waals surface area contributed by atoms with Crippen molar-refractivity contribution in [2.45, 2.75) is 39.5 Å². The van der Waals surface area contributed by atoms with Crippen molar-refractivity contribution in [2.24, 2.45) is 5.92 Å². The van der Waals surface area contributed by atoms with E-state index in [4.69, 9.17) is 0 Å². The van der Waals surface area contributed by atoms with Crippen LogP contribution in [0.25, 0.3) is 0 Å². The Bertz CT molecular complexity index is 215. The largest absolute Gasteiger partial charge is 1.00 e. The summed E-state index contributed by atoms with van der Waals surface area (Å²) in [7, 11) is -3.55. The van der Waals surface area contributed by atoms with Gasteiger partial charge in [-0.15, -0.1) is 0 Å². The van der Waals surface area contributed by atoms with E-state index in [2.05, 4.69) is 13.8 Å². The molecule has 0 heterocycles. The second-order valence-electron chi connectivity index (χ2n) is 3.47. The fraction of sp³-hybridized carbons (Fsp3) is 1.00. The maximum atomic E-state index is 10.2. The maximum absolute atomic E-state index is 10.2. The molecular weight excluding hydrogens is 231 g/mol. The summed E-state index contributed by atoms with van der Waals surface area (Å²) in [6, 6.07) is 0. The summed E-state index contributed by atoms with van der Waals surface area (Å²) in [5.74, 6) is 1.14. The molecule has 0 N–H and O–H groups in total. The van der Waals surface area contributed by atoms with E-state index in [0.717, 1.165) is 19.3 Å². The van der Waals surface area contributed by atoms with Crippen molar-refractivity contribution in [3.05, 3.63) is 0 Å². The fourth-order valence-corrected chi connectivity index (χ4v) is 2.48. The molecule has 0 aromatic heterocycles. The zero-order chi connectivity index (χ0) is 10.3. The Morgan fingerprint density at radius 1 is 1.21 bits per heavy atom. The fourth-order valence-electron chi connectivity index (χ4n) is 0.992. The Morgan fingerprint density at radius 2 is 1.79 bits per heavy atom. The van der Waals surface area contributed by atoms with Crippen LogP contribution >= 0.6 is 10.8 Å². The molecule has 0 bridgehead atoms. The first-order valence-electron chi connectivity index (χ1n) is 4.52. The normalized spacial score (nSPS) is 11.4. The molecule has 0 rings (SSSR count). The minimum atomic E-state index is -4.06. The van der Waals surface area contributed by atoms with Crippen LogP contribution in [0.1, 0.15) is 39.5 Å². The monoisotopic (exact) mass is 248 g/mol. The average molecular weight is 248 g/mol. The number of hydrogen-bond donors (Lipinski definition) is 0. The van der Waals surface area contributed by atoms with Gasteiger partial charge in [0.05, 0.1) is 0 Å². The van der Waals surface area contributed by atoms with Crippen molar-refractivity contribution >= 4 is 19.9 Å². The van der Waals surface area contributed by atoms with Crippen molar-refractivity contribution in [3.63, 3.8) is 0 Å². The molecule has 0 radical (unpaired) electrons. The average Bonchev–Trinajstić information content (AvgIpc) is 1.93. The first-order valence-corrected chi connectivity index (χ1v) is 7.43. The molecule has 0 atom stereocenters. The molecule has 14 heavy (non-hydrogen) atoms. The van der Waals surface area contributed by atoms with Crippen LogP contribution in [-0.2, 0) is 9.15 Å². The third-order valence-corrected chi connectivity index (χ3v) is 3.76. The van der Waals surface area contributed by atoms with E-state index >= 15 is 0 Å². The van der Waals surface area contributed by atoms with Gasteiger partial charge in [0.25, 0.3) is 0 Å². The second kappa shape index (κ2) is 9.48. The van der Waals surface area contributed by atoms with Crippen LogP contribution in [0.4, 0.5) is 0 Å². The van der Waals surface area contributed by atoms with E-state index in [-0.39, 0.29) is 29.6 Å². The molecule has 0 aliphatic carbocycles. The van der Waals surface area contributed by atoms with Gasteiger partial charge in [0.2, 0.25) is 0 Å². The van der Waals surface area contributed by atoms with Gasteiger partial charge in [0.1, 0.15) is 9.15 Å². The Labute approximate surface area is 113 Å². The molecule has 0 aliphatic heterocycles. The van der Waals surface area contributed by atoms with Crippen LogP contribution in [-0.4, -0.2) is 18.7 Å². The van der Waals surface area contributed by atoms with Gasteiger partial charge in [-0.1, -0.05) is 33.1 Å². The van der Waals surface area contributed by atoms with Crippen molar-refractivity contribution < 1.29 is 42.5 Å². The quantitative estimate of drug-likeness (QED) is 0.261. The van der Waals surface area contributed by atoms with E-state index in [0.29, 0.717) is 22.5 Å². The topological polar surface area (TPSA) is 57.2 Å². The predicted octanol–water partition coefficient (Wildman–Crippen LogP) is -0.600. The molecule has 0 aromatic carbocycles. The molecule has 0 saturated heterocycles. The molecule has 0 fully saturated rings. The predicted molar refractivity (Wildman–Crippen MR) is 55.5 cm³/mol. The van der Waals surface area contributed by atoms with Gasteiger partial charge in [-0.3, -0.25) is 0 Å². The Hall–Kier alpha value is 1.26. The van der Waals surface area contributed by atoms with Crippen LogP contribution in [0.3, 0.4) is 0 Å². The summed E-state index contributed by atoms with van der Waals surface area (Å²) < 4.78 is 30.5. The molecular formula is C8H17NaO3S2. The molecule has 0 unspecified atom stereocenters. The van der Waals surface area contributed by atoms with E-state index in [9.17, 15) is 13.0 Å². The SMILES string of the molecule is CC(C)CCCCCSS(=O)(=O)[O-].[Na+]. The summed E-state index contributed by atoms with van der Waals surface area (Å²) in [5, 5.41) is 0. The third kappa shape index (κ3) is 15.7. The van der Waals surface area contributed by atoms with Crippen LogP contribution in [0.2, 0.25) is 0 Å². The van der Waals surface area contributed by atoms with Gasteiger partial charge >= 0.3 is 29.6 Å². The Balaban J connectivity index is 0. The number of hydrogen-bond acceptors (Lipinski definition) is 4. The van der Waals surface area contributed by atoms with Crippen LogP contribution in [0, 0.1) is 5.92 Å². The van der Waals surface area contributed by atoms with Crippen LogP contribution in [0.5, 0.6) is 0 Å². The third-order valence-electron chi connectivity index (χ3n) is 1.65. The van der Waals surface area contributed by atoms with Crippen LogP contribution < -0.4 is 29.6 Å². The molecule has 80 valence electrons. The van der Waals surface area contributed by atoms with Crippen molar-refractivity contribution in [1.82, 2.24) is 0 Å². The van der Waals surface area contributed by atoms with Gasteiger partial charge < -0.3 is 4.55 Å². The second-order valence-corrected chi connectivity index (χ2v) is 6.87. The first kappa shape index (κ1) is 17.6. The van der Waals surface area contributed by atoms with E-state index in [1.54, 1.807) is 0 Å². The summed E-state index contributed by atoms with van der Waals surface area (Å²) in [4.78, 5) is 0. The van der Waals surface area contributed by atoms with E-state index in [1.807, 2.05) is 0 Å². The summed E-state index contributed by atoms with van der Waals surface area (Å²) >= 11 is 0. The van der Waals surface area contributed by atoms with Gasteiger partial charge in [-0.05, 0) is 23.1 Å². The number of rotatable bonds is 7. The van der Waals surface area contributed by atoms with Crippen molar-refractivity contribution in [1.29, 1.82) is 0 Å². The zero-order valence-electron chi connectivity index (χ0n) is 9.15. The molecule has 0 aromatic rings. The van der Waals surface area contributed by atoms with Gasteiger partial charge in [-0.2, -0.15) is 0 Å². The maximum Gasteiger partial charge on any atom is 1.00 e. The van der Waals surface area contributed by atoms with Gasteiger partial charge in [0, 0.05) is 5.75 Å². The van der Waals surface area contributed by atoms with Crippen molar-refractivity contribution in [3.8, 4) is 0 Å². The number of unbranched alkanes of at least 4 members (excludes halogenated alkanes) is 2. The standard InChI is InChI=1S/C8H18O3S2.Na/c1-8(2)6-4-3-5-7-12-13(9,10)11;/h8H,3-7H2,1-2H3,(H,9,10,11);/q;+1/p-1. The molecule has 6 heteroatoms. The van der Waals surface area contributed by atoms with Gasteiger partial charge in [0.15, 0.2) is 0 Å². The summed E-state index contributed by atoms with van der Waals surface area (Å²) in [6.07, 6.45) is 4.13.